The average Bonchev–Trinajstić information content (AvgIpc) is 2.42. The highest BCUT2D eigenvalue weighted by Gasteiger charge is 2.17. The van der Waals surface area contributed by atoms with Gasteiger partial charge in [0.1, 0.15) is 5.78 Å². The van der Waals surface area contributed by atoms with Gasteiger partial charge in [-0.15, -0.1) is 0 Å². The fraction of sp³-hybridized carbons (Fsp3) is 0.875. The zero-order chi connectivity index (χ0) is 7.98. The molecule has 0 saturated carbocycles. The molecule has 1 saturated heterocycles. The van der Waals surface area contributed by atoms with Gasteiger partial charge in [-0.2, -0.15) is 0 Å². The van der Waals surface area contributed by atoms with Crippen molar-refractivity contribution in [3.63, 3.8) is 0 Å². The van der Waals surface area contributed by atoms with Gasteiger partial charge in [-0.1, -0.05) is 13.8 Å². The topological polar surface area (TPSA) is 29.1 Å². The molecule has 1 rings (SSSR count). The van der Waals surface area contributed by atoms with Crippen LogP contribution < -0.4 is 5.32 Å². The predicted molar refractivity (Wildman–Crippen MR) is 43.0 cm³/mol. The van der Waals surface area contributed by atoms with Gasteiger partial charge >= 0.3 is 0 Å². The van der Waals surface area contributed by atoms with Crippen molar-refractivity contribution in [1.29, 1.82) is 0 Å². The van der Waals surface area contributed by atoms with Crippen molar-refractivity contribution in [1.82, 2.24) is 5.32 Å². The number of hydrogen-bond donors (Lipinski definition) is 1. The minimum absolute atomic E-state index is 0.315. The molecule has 1 atom stereocenters. The summed E-state index contributed by atoms with van der Waals surface area (Å²) in [5.74, 6) is 0.644. The van der Waals surface area contributed by atoms with Crippen LogP contribution in [-0.4, -0.2) is 18.9 Å². The van der Waals surface area contributed by atoms with Crippen LogP contribution in [0.3, 0.4) is 0 Å². The van der Waals surface area contributed by atoms with E-state index in [1.807, 2.05) is 13.8 Å². The zero-order valence-corrected chi connectivity index (χ0v) is 7.11. The van der Waals surface area contributed by atoms with E-state index in [2.05, 4.69) is 5.32 Å². The highest BCUT2D eigenvalue weighted by molar-refractivity contribution is 5.78. The largest absolute Gasteiger partial charge is 0.316 e. The molecule has 1 aliphatic heterocycles. The summed E-state index contributed by atoms with van der Waals surface area (Å²) in [5.41, 5.74) is 0. The third-order valence-corrected chi connectivity index (χ3v) is 1.64. The van der Waals surface area contributed by atoms with Gasteiger partial charge in [-0.05, 0) is 19.9 Å². The van der Waals surface area contributed by atoms with E-state index < -0.39 is 0 Å². The predicted octanol–water partition coefficient (Wildman–Crippen LogP) is 1.21. The summed E-state index contributed by atoms with van der Waals surface area (Å²) < 4.78 is 0. The summed E-state index contributed by atoms with van der Waals surface area (Å²) in [4.78, 5) is 10.6. The fourth-order valence-corrected chi connectivity index (χ4v) is 1.00. The van der Waals surface area contributed by atoms with Crippen LogP contribution in [-0.2, 0) is 4.79 Å². The molecule has 1 heterocycles. The first-order valence-electron chi connectivity index (χ1n) is 4.02. The molecule has 0 aromatic heterocycles. The van der Waals surface area contributed by atoms with Crippen LogP contribution >= 0.6 is 0 Å². The molecular weight excluding hydrogens is 126 g/mol. The zero-order valence-electron chi connectivity index (χ0n) is 7.11. The minimum atomic E-state index is 0.315. The van der Waals surface area contributed by atoms with Crippen LogP contribution in [0.2, 0.25) is 0 Å². The van der Waals surface area contributed by atoms with Gasteiger partial charge in [0.05, 0.1) is 0 Å². The van der Waals surface area contributed by atoms with Crippen LogP contribution in [0, 0.1) is 5.92 Å². The van der Waals surface area contributed by atoms with E-state index in [1.165, 1.54) is 0 Å². The maximum Gasteiger partial charge on any atom is 0.134 e. The lowest BCUT2D eigenvalue weighted by atomic mass is 10.1. The number of nitrogens with one attached hydrogen (secondary N) is 1. The van der Waals surface area contributed by atoms with Gasteiger partial charge in [0, 0.05) is 12.5 Å². The number of carbonyl (C=O) groups is 1. The highest BCUT2D eigenvalue weighted by Crippen LogP contribution is 2.06. The second kappa shape index (κ2) is 5.42. The van der Waals surface area contributed by atoms with Gasteiger partial charge in [-0.3, -0.25) is 4.79 Å². The number of ketones is 1. The van der Waals surface area contributed by atoms with Crippen molar-refractivity contribution >= 4 is 5.78 Å². The fourth-order valence-electron chi connectivity index (χ4n) is 1.00. The summed E-state index contributed by atoms with van der Waals surface area (Å²) in [6.07, 6.45) is 1.04. The summed E-state index contributed by atoms with van der Waals surface area (Å²) in [6, 6.07) is 0. The Morgan fingerprint density at radius 1 is 1.50 bits per heavy atom. The van der Waals surface area contributed by atoms with Gasteiger partial charge in [0.15, 0.2) is 0 Å². The summed E-state index contributed by atoms with van der Waals surface area (Å²) >= 11 is 0. The Labute approximate surface area is 63.0 Å². The molecule has 60 valence electrons. The molecule has 0 radical (unpaired) electrons. The monoisotopic (exact) mass is 143 g/mol. The van der Waals surface area contributed by atoms with Crippen LogP contribution in [0.1, 0.15) is 27.2 Å². The van der Waals surface area contributed by atoms with Crippen LogP contribution in [0.4, 0.5) is 0 Å². The summed E-state index contributed by atoms with van der Waals surface area (Å²) in [5, 5.41) is 3.13. The van der Waals surface area contributed by atoms with E-state index in [9.17, 15) is 4.79 Å². The lowest BCUT2D eigenvalue weighted by Gasteiger charge is -1.98. The average molecular weight is 143 g/mol. The lowest BCUT2D eigenvalue weighted by molar-refractivity contribution is -0.120. The smallest absolute Gasteiger partial charge is 0.134 e. The summed E-state index contributed by atoms with van der Waals surface area (Å²) in [6.45, 7) is 7.58. The van der Waals surface area contributed by atoms with E-state index in [4.69, 9.17) is 0 Å². The molecule has 2 heteroatoms. The van der Waals surface area contributed by atoms with Gasteiger partial charge < -0.3 is 5.32 Å². The van der Waals surface area contributed by atoms with Crippen LogP contribution in [0.25, 0.3) is 0 Å². The molecule has 1 fully saturated rings. The van der Waals surface area contributed by atoms with Gasteiger partial charge in [-0.25, -0.2) is 0 Å². The number of carbonyl (C=O) groups excluding carboxylic acids is 1. The molecule has 1 aliphatic rings. The summed E-state index contributed by atoms with van der Waals surface area (Å²) in [7, 11) is 0. The van der Waals surface area contributed by atoms with E-state index in [0.717, 1.165) is 19.5 Å². The third kappa shape index (κ3) is 2.97. The lowest BCUT2D eigenvalue weighted by Crippen LogP contribution is -2.14. The molecule has 0 aliphatic carbocycles. The molecule has 0 spiro atoms. The maximum atomic E-state index is 10.6. The maximum absolute atomic E-state index is 10.6. The third-order valence-electron chi connectivity index (χ3n) is 1.64. The van der Waals surface area contributed by atoms with Gasteiger partial charge in [0.2, 0.25) is 0 Å². The van der Waals surface area contributed by atoms with E-state index >= 15 is 0 Å². The number of rotatable bonds is 1. The Morgan fingerprint density at radius 2 is 2.10 bits per heavy atom. The Kier molecular flexibility index (Phi) is 5.22. The Balaban J connectivity index is 0.000000371. The molecule has 10 heavy (non-hydrogen) atoms. The van der Waals surface area contributed by atoms with Gasteiger partial charge in [0.25, 0.3) is 0 Å². The molecule has 0 amide bonds. The van der Waals surface area contributed by atoms with Crippen LogP contribution in [0.5, 0.6) is 0 Å². The standard InChI is InChI=1S/C6H11NO.C2H6/c1-5(8)6-2-3-7-4-6;1-2/h6-7H,2-4H2,1H3;1-2H3. The molecule has 0 aromatic rings. The normalized spacial score (nSPS) is 23.3. The van der Waals surface area contributed by atoms with Crippen molar-refractivity contribution < 1.29 is 4.79 Å². The van der Waals surface area contributed by atoms with Crippen molar-refractivity contribution in [3.05, 3.63) is 0 Å². The Morgan fingerprint density at radius 3 is 2.30 bits per heavy atom. The molecule has 2 nitrogen and oxygen atoms in total. The SMILES string of the molecule is CC.CC(=O)C1CCNC1. The molecule has 1 unspecified atom stereocenters. The van der Waals surface area contributed by atoms with Crippen molar-refractivity contribution in [2.45, 2.75) is 27.2 Å². The number of hydrogen-bond acceptors (Lipinski definition) is 2. The molecule has 0 aromatic carbocycles. The van der Waals surface area contributed by atoms with Crippen LogP contribution in [0.15, 0.2) is 0 Å². The highest BCUT2D eigenvalue weighted by atomic mass is 16.1. The minimum Gasteiger partial charge on any atom is -0.316 e. The second-order valence-electron chi connectivity index (χ2n) is 2.30. The molecule has 0 bridgehead atoms. The van der Waals surface area contributed by atoms with E-state index in [-0.39, 0.29) is 0 Å². The Bertz CT molecular complexity index is 95.4. The van der Waals surface area contributed by atoms with E-state index in [1.54, 1.807) is 6.92 Å². The quantitative estimate of drug-likeness (QED) is 0.598. The first kappa shape index (κ1) is 9.63. The van der Waals surface area contributed by atoms with E-state index in [0.29, 0.717) is 11.7 Å². The number of Topliss-reactive ketones (excluding diaryl/α,β-unsaturated/α-hetero) is 1. The van der Waals surface area contributed by atoms with Crippen molar-refractivity contribution in [3.8, 4) is 0 Å². The van der Waals surface area contributed by atoms with Crippen molar-refractivity contribution in [2.75, 3.05) is 13.1 Å². The molecular formula is C8H17NO. The molecule has 1 N–H and O–H groups in total. The first-order valence-corrected chi connectivity index (χ1v) is 4.02. The second-order valence-corrected chi connectivity index (χ2v) is 2.30. The Hall–Kier alpha value is -0.370. The van der Waals surface area contributed by atoms with Crippen molar-refractivity contribution in [2.24, 2.45) is 5.92 Å². The first-order chi connectivity index (χ1) is 4.80.